The average Bonchev–Trinajstić information content (AvgIpc) is 2.00. The Bertz CT molecular complexity index is 366. The van der Waals surface area contributed by atoms with Gasteiger partial charge in [-0.3, -0.25) is 0 Å². The molecule has 2 heteroatoms. The van der Waals surface area contributed by atoms with Gasteiger partial charge in [-0.15, -0.1) is 0 Å². The fourth-order valence-electron chi connectivity index (χ4n) is 3.29. The van der Waals surface area contributed by atoms with Gasteiger partial charge in [-0.2, -0.15) is 0 Å². The molecule has 0 aliphatic heterocycles. The molecule has 1 aromatic rings. The van der Waals surface area contributed by atoms with Crippen molar-refractivity contribution in [1.29, 1.82) is 0 Å². The summed E-state index contributed by atoms with van der Waals surface area (Å²) < 4.78 is 13.0. The van der Waals surface area contributed by atoms with E-state index < -0.39 is 0 Å². The highest BCUT2D eigenvalue weighted by Crippen LogP contribution is 2.73. The summed E-state index contributed by atoms with van der Waals surface area (Å²) in [5, 5.41) is 9.13. The number of aliphatic hydroxyl groups excluding tert-OH is 1. The molecule has 3 aliphatic rings. The van der Waals surface area contributed by atoms with Gasteiger partial charge in [0.2, 0.25) is 0 Å². The molecule has 4 rings (SSSR count). The maximum atomic E-state index is 13.0. The summed E-state index contributed by atoms with van der Waals surface area (Å²) in [5.41, 5.74) is 1.53. The molecule has 3 aliphatic carbocycles. The predicted octanol–water partition coefficient (Wildman–Crippen LogP) is 2.24. The Kier molecular flexibility index (Phi) is 1.43. The largest absolute Gasteiger partial charge is 0.396 e. The quantitative estimate of drug-likeness (QED) is 0.762. The minimum Gasteiger partial charge on any atom is -0.396 e. The molecule has 0 unspecified atom stereocenters. The lowest BCUT2D eigenvalue weighted by Gasteiger charge is -2.70. The minimum atomic E-state index is -0.148. The highest BCUT2D eigenvalue weighted by molar-refractivity contribution is 5.38. The normalized spacial score (nSPS) is 38.7. The van der Waals surface area contributed by atoms with Gasteiger partial charge in [0.25, 0.3) is 0 Å². The molecule has 1 nitrogen and oxygen atoms in total. The minimum absolute atomic E-state index is 0.148. The van der Waals surface area contributed by atoms with E-state index in [0.29, 0.717) is 6.61 Å². The standard InChI is InChI=1S/C12H13FO/c13-10-3-1-2-9(4-10)12-5-11(6-12,7-12)8-14/h1-4,14H,5-8H2. The van der Waals surface area contributed by atoms with Gasteiger partial charge in [0.15, 0.2) is 0 Å². The Morgan fingerprint density at radius 2 is 2.00 bits per heavy atom. The van der Waals surface area contributed by atoms with Gasteiger partial charge in [0.05, 0.1) is 0 Å². The van der Waals surface area contributed by atoms with Gasteiger partial charge in [-0.05, 0) is 47.8 Å². The Balaban J connectivity index is 1.87. The van der Waals surface area contributed by atoms with E-state index in [1.165, 1.54) is 6.07 Å². The van der Waals surface area contributed by atoms with Crippen molar-refractivity contribution in [1.82, 2.24) is 0 Å². The van der Waals surface area contributed by atoms with Crippen molar-refractivity contribution in [3.8, 4) is 0 Å². The Morgan fingerprint density at radius 1 is 1.29 bits per heavy atom. The van der Waals surface area contributed by atoms with Crippen LogP contribution in [0.25, 0.3) is 0 Å². The average molecular weight is 192 g/mol. The van der Waals surface area contributed by atoms with E-state index >= 15 is 0 Å². The van der Waals surface area contributed by atoms with E-state index in [1.54, 1.807) is 12.1 Å². The summed E-state index contributed by atoms with van der Waals surface area (Å²) >= 11 is 0. The number of rotatable bonds is 2. The van der Waals surface area contributed by atoms with E-state index in [-0.39, 0.29) is 16.6 Å². The predicted molar refractivity (Wildman–Crippen MR) is 51.4 cm³/mol. The fraction of sp³-hybridized carbons (Fsp3) is 0.500. The van der Waals surface area contributed by atoms with Crippen molar-refractivity contribution in [2.75, 3.05) is 6.61 Å². The Morgan fingerprint density at radius 3 is 2.57 bits per heavy atom. The number of aliphatic hydroxyl groups is 1. The third-order valence-electron chi connectivity index (χ3n) is 3.91. The van der Waals surface area contributed by atoms with Crippen LogP contribution >= 0.6 is 0 Å². The van der Waals surface area contributed by atoms with E-state index in [4.69, 9.17) is 5.11 Å². The van der Waals surface area contributed by atoms with Gasteiger partial charge in [0.1, 0.15) is 5.82 Å². The Hall–Kier alpha value is -0.890. The summed E-state index contributed by atoms with van der Waals surface area (Å²) in [6.45, 7) is 0.296. The van der Waals surface area contributed by atoms with Gasteiger partial charge < -0.3 is 5.11 Å². The summed E-state index contributed by atoms with van der Waals surface area (Å²) in [4.78, 5) is 0. The van der Waals surface area contributed by atoms with Gasteiger partial charge in [-0.25, -0.2) is 4.39 Å². The molecule has 0 spiro atoms. The molecular formula is C12H13FO. The monoisotopic (exact) mass is 192 g/mol. The molecule has 0 amide bonds. The first kappa shape index (κ1) is 8.42. The van der Waals surface area contributed by atoms with Crippen LogP contribution in [0.4, 0.5) is 4.39 Å². The molecule has 2 bridgehead atoms. The van der Waals surface area contributed by atoms with Gasteiger partial charge in [0, 0.05) is 6.61 Å². The van der Waals surface area contributed by atoms with Crippen molar-refractivity contribution < 1.29 is 9.50 Å². The first-order chi connectivity index (χ1) is 6.68. The molecule has 0 saturated heterocycles. The van der Waals surface area contributed by atoms with Crippen molar-refractivity contribution in [2.24, 2.45) is 5.41 Å². The molecular weight excluding hydrogens is 179 g/mol. The lowest BCUT2D eigenvalue weighted by atomic mass is 9.34. The second-order valence-corrected chi connectivity index (χ2v) is 4.98. The highest BCUT2D eigenvalue weighted by atomic mass is 19.1. The molecule has 3 saturated carbocycles. The maximum Gasteiger partial charge on any atom is 0.123 e. The zero-order valence-corrected chi connectivity index (χ0v) is 7.96. The zero-order valence-electron chi connectivity index (χ0n) is 7.96. The van der Waals surface area contributed by atoms with Crippen LogP contribution < -0.4 is 0 Å². The van der Waals surface area contributed by atoms with Gasteiger partial charge in [-0.1, -0.05) is 12.1 Å². The lowest BCUT2D eigenvalue weighted by Crippen LogP contribution is -2.66. The third kappa shape index (κ3) is 0.871. The second kappa shape index (κ2) is 2.37. The highest BCUT2D eigenvalue weighted by Gasteiger charge is 2.67. The van der Waals surface area contributed by atoms with Crippen LogP contribution in [0.5, 0.6) is 0 Å². The van der Waals surface area contributed by atoms with Crippen molar-refractivity contribution in [3.05, 3.63) is 35.6 Å². The van der Waals surface area contributed by atoms with Crippen molar-refractivity contribution in [3.63, 3.8) is 0 Å². The molecule has 1 aromatic carbocycles. The van der Waals surface area contributed by atoms with E-state index in [1.807, 2.05) is 6.07 Å². The van der Waals surface area contributed by atoms with Crippen LogP contribution in [0.2, 0.25) is 0 Å². The number of benzene rings is 1. The van der Waals surface area contributed by atoms with Crippen LogP contribution in [0, 0.1) is 11.2 Å². The Labute approximate surface area is 82.6 Å². The second-order valence-electron chi connectivity index (χ2n) is 4.98. The summed E-state index contributed by atoms with van der Waals surface area (Å²) in [6, 6.07) is 6.90. The van der Waals surface area contributed by atoms with Crippen molar-refractivity contribution >= 4 is 0 Å². The van der Waals surface area contributed by atoms with Crippen LogP contribution in [0.3, 0.4) is 0 Å². The SMILES string of the molecule is OCC12CC(c3cccc(F)c3)(C1)C2. The molecule has 0 heterocycles. The van der Waals surface area contributed by atoms with E-state index in [9.17, 15) is 4.39 Å². The van der Waals surface area contributed by atoms with Crippen LogP contribution in [-0.4, -0.2) is 11.7 Å². The number of hydrogen-bond donors (Lipinski definition) is 1. The summed E-state index contributed by atoms with van der Waals surface area (Å²) in [5.74, 6) is -0.148. The van der Waals surface area contributed by atoms with E-state index in [2.05, 4.69) is 0 Å². The number of hydrogen-bond acceptors (Lipinski definition) is 1. The molecule has 0 aromatic heterocycles. The first-order valence-electron chi connectivity index (χ1n) is 5.05. The van der Waals surface area contributed by atoms with Crippen LogP contribution in [0.15, 0.2) is 24.3 Å². The molecule has 14 heavy (non-hydrogen) atoms. The summed E-state index contributed by atoms with van der Waals surface area (Å²) in [6.07, 6.45) is 3.12. The first-order valence-corrected chi connectivity index (χ1v) is 5.05. The third-order valence-corrected chi connectivity index (χ3v) is 3.91. The fourth-order valence-corrected chi connectivity index (χ4v) is 3.29. The zero-order chi connectivity index (χ0) is 9.81. The van der Waals surface area contributed by atoms with Crippen molar-refractivity contribution in [2.45, 2.75) is 24.7 Å². The van der Waals surface area contributed by atoms with Crippen LogP contribution in [0.1, 0.15) is 24.8 Å². The molecule has 0 atom stereocenters. The van der Waals surface area contributed by atoms with Gasteiger partial charge >= 0.3 is 0 Å². The topological polar surface area (TPSA) is 20.2 Å². The lowest BCUT2D eigenvalue weighted by molar-refractivity contribution is -0.168. The van der Waals surface area contributed by atoms with E-state index in [0.717, 1.165) is 24.8 Å². The smallest absolute Gasteiger partial charge is 0.123 e. The summed E-state index contributed by atoms with van der Waals surface area (Å²) in [7, 11) is 0. The molecule has 74 valence electrons. The van der Waals surface area contributed by atoms with Crippen LogP contribution in [-0.2, 0) is 5.41 Å². The number of halogens is 1. The molecule has 0 radical (unpaired) electrons. The maximum absolute atomic E-state index is 13.0. The molecule has 1 N–H and O–H groups in total. The molecule has 3 fully saturated rings.